The lowest BCUT2D eigenvalue weighted by Gasteiger charge is -2.22. The molecule has 19 heavy (non-hydrogen) atoms. The molecule has 3 nitrogen and oxygen atoms in total. The van der Waals surface area contributed by atoms with Crippen LogP contribution >= 0.6 is 0 Å². The van der Waals surface area contributed by atoms with Crippen molar-refractivity contribution in [3.05, 3.63) is 48.0 Å². The van der Waals surface area contributed by atoms with Gasteiger partial charge in [-0.2, -0.15) is 0 Å². The van der Waals surface area contributed by atoms with E-state index in [4.69, 9.17) is 0 Å². The molecule has 0 unspecified atom stereocenters. The first kappa shape index (κ1) is 12.2. The molecule has 0 spiro atoms. The summed E-state index contributed by atoms with van der Waals surface area (Å²) in [7, 11) is 0. The summed E-state index contributed by atoms with van der Waals surface area (Å²) >= 11 is 0. The third-order valence-corrected chi connectivity index (χ3v) is 3.58. The molecule has 1 aromatic carbocycles. The van der Waals surface area contributed by atoms with Gasteiger partial charge >= 0.3 is 0 Å². The molecule has 0 amide bonds. The molecule has 0 bridgehead atoms. The zero-order chi connectivity index (χ0) is 13.1. The van der Waals surface area contributed by atoms with Gasteiger partial charge in [0.2, 0.25) is 0 Å². The van der Waals surface area contributed by atoms with Gasteiger partial charge in [-0.25, -0.2) is 14.4 Å². The summed E-state index contributed by atoms with van der Waals surface area (Å²) in [5.74, 6) is 0.969. The topological polar surface area (TPSA) is 37.8 Å². The standard InChI is InChI=1S/C15H16FN3/c16-14-3-1-12(2-4-14)15-18-9-13(10-19-15)11-5-7-17-8-6-11/h1-4,9-11,17H,5-8H2. The van der Waals surface area contributed by atoms with E-state index in [-0.39, 0.29) is 5.82 Å². The zero-order valence-electron chi connectivity index (χ0n) is 10.6. The Morgan fingerprint density at radius 2 is 1.63 bits per heavy atom. The third-order valence-electron chi connectivity index (χ3n) is 3.58. The van der Waals surface area contributed by atoms with Crippen molar-refractivity contribution in [2.24, 2.45) is 0 Å². The molecule has 1 N–H and O–H groups in total. The highest BCUT2D eigenvalue weighted by atomic mass is 19.1. The number of nitrogens with one attached hydrogen (secondary N) is 1. The second kappa shape index (κ2) is 5.45. The van der Waals surface area contributed by atoms with Crippen molar-refractivity contribution < 1.29 is 4.39 Å². The summed E-state index contributed by atoms with van der Waals surface area (Å²) in [6.45, 7) is 2.12. The first-order chi connectivity index (χ1) is 9.33. The second-order valence-electron chi connectivity index (χ2n) is 4.87. The molecule has 0 atom stereocenters. The molecule has 98 valence electrons. The molecule has 1 aromatic heterocycles. The number of piperidine rings is 1. The molecule has 1 fully saturated rings. The van der Waals surface area contributed by atoms with E-state index in [2.05, 4.69) is 15.3 Å². The summed E-state index contributed by atoms with van der Waals surface area (Å²) < 4.78 is 12.9. The van der Waals surface area contributed by atoms with Crippen molar-refractivity contribution >= 4 is 0 Å². The fourth-order valence-corrected chi connectivity index (χ4v) is 2.45. The van der Waals surface area contributed by atoms with Crippen LogP contribution in [0.15, 0.2) is 36.7 Å². The summed E-state index contributed by atoms with van der Waals surface area (Å²) in [4.78, 5) is 8.80. The molecular weight excluding hydrogens is 241 g/mol. The van der Waals surface area contributed by atoms with Crippen molar-refractivity contribution in [2.75, 3.05) is 13.1 Å². The normalized spacial score (nSPS) is 16.5. The maximum atomic E-state index is 12.9. The van der Waals surface area contributed by atoms with Crippen LogP contribution in [0.5, 0.6) is 0 Å². The molecule has 2 heterocycles. The highest BCUT2D eigenvalue weighted by Gasteiger charge is 2.15. The largest absolute Gasteiger partial charge is 0.317 e. The van der Waals surface area contributed by atoms with Crippen LogP contribution in [0.1, 0.15) is 24.3 Å². The van der Waals surface area contributed by atoms with Gasteiger partial charge in [0.15, 0.2) is 5.82 Å². The van der Waals surface area contributed by atoms with Crippen molar-refractivity contribution in [2.45, 2.75) is 18.8 Å². The average molecular weight is 257 g/mol. The van der Waals surface area contributed by atoms with Crippen molar-refractivity contribution in [3.63, 3.8) is 0 Å². The van der Waals surface area contributed by atoms with Crippen LogP contribution < -0.4 is 5.32 Å². The Hall–Kier alpha value is -1.81. The molecule has 0 radical (unpaired) electrons. The Balaban J connectivity index is 1.80. The smallest absolute Gasteiger partial charge is 0.159 e. The van der Waals surface area contributed by atoms with Crippen LogP contribution in [-0.4, -0.2) is 23.1 Å². The van der Waals surface area contributed by atoms with E-state index in [1.54, 1.807) is 12.1 Å². The first-order valence-corrected chi connectivity index (χ1v) is 6.61. The van der Waals surface area contributed by atoms with Gasteiger partial charge < -0.3 is 5.32 Å². The zero-order valence-corrected chi connectivity index (χ0v) is 10.6. The number of rotatable bonds is 2. The van der Waals surface area contributed by atoms with Crippen molar-refractivity contribution in [1.29, 1.82) is 0 Å². The number of benzene rings is 1. The molecule has 0 aliphatic carbocycles. The maximum Gasteiger partial charge on any atom is 0.159 e. The predicted molar refractivity (Wildman–Crippen MR) is 72.3 cm³/mol. The molecule has 1 aliphatic heterocycles. The van der Waals surface area contributed by atoms with Gasteiger partial charge in [0.1, 0.15) is 5.82 Å². The first-order valence-electron chi connectivity index (χ1n) is 6.61. The van der Waals surface area contributed by atoms with E-state index in [9.17, 15) is 4.39 Å². The highest BCUT2D eigenvalue weighted by molar-refractivity contribution is 5.54. The Morgan fingerprint density at radius 3 is 2.26 bits per heavy atom. The molecule has 0 saturated carbocycles. The van der Waals surface area contributed by atoms with Gasteiger partial charge in [-0.3, -0.25) is 0 Å². The lowest BCUT2D eigenvalue weighted by atomic mass is 9.92. The lowest BCUT2D eigenvalue weighted by Crippen LogP contribution is -2.26. The number of hydrogen-bond acceptors (Lipinski definition) is 3. The molecule has 1 aliphatic rings. The molecule has 2 aromatic rings. The fourth-order valence-electron chi connectivity index (χ4n) is 2.45. The molecule has 3 rings (SSSR count). The number of nitrogens with zero attached hydrogens (tertiary/aromatic N) is 2. The SMILES string of the molecule is Fc1ccc(-c2ncc(C3CCNCC3)cn2)cc1. The Kier molecular flexibility index (Phi) is 3.51. The Bertz CT molecular complexity index is 530. The number of halogens is 1. The van der Waals surface area contributed by atoms with Crippen LogP contribution in [0, 0.1) is 5.82 Å². The van der Waals surface area contributed by atoms with Gasteiger partial charge in [0.05, 0.1) is 0 Å². The summed E-state index contributed by atoms with van der Waals surface area (Å²) in [6, 6.07) is 6.27. The van der Waals surface area contributed by atoms with E-state index in [1.807, 2.05) is 12.4 Å². The van der Waals surface area contributed by atoms with Gasteiger partial charge in [-0.05, 0) is 61.7 Å². The summed E-state index contributed by atoms with van der Waals surface area (Å²) in [5.41, 5.74) is 2.05. The minimum absolute atomic E-state index is 0.241. The summed E-state index contributed by atoms with van der Waals surface area (Å²) in [5, 5.41) is 3.35. The molecule has 4 heteroatoms. The van der Waals surface area contributed by atoms with Gasteiger partial charge in [-0.1, -0.05) is 0 Å². The number of hydrogen-bond donors (Lipinski definition) is 1. The van der Waals surface area contributed by atoms with E-state index in [0.717, 1.165) is 31.5 Å². The Labute approximate surface area is 111 Å². The van der Waals surface area contributed by atoms with Crippen molar-refractivity contribution in [3.8, 4) is 11.4 Å². The summed E-state index contributed by atoms with van der Waals surface area (Å²) in [6.07, 6.45) is 6.09. The van der Waals surface area contributed by atoms with E-state index >= 15 is 0 Å². The minimum atomic E-state index is -0.241. The van der Waals surface area contributed by atoms with E-state index < -0.39 is 0 Å². The minimum Gasteiger partial charge on any atom is -0.317 e. The van der Waals surface area contributed by atoms with Crippen LogP contribution in [0.4, 0.5) is 4.39 Å². The highest BCUT2D eigenvalue weighted by Crippen LogP contribution is 2.25. The van der Waals surface area contributed by atoms with Gasteiger partial charge in [0, 0.05) is 18.0 Å². The maximum absolute atomic E-state index is 12.9. The van der Waals surface area contributed by atoms with E-state index in [1.165, 1.54) is 17.7 Å². The molecular formula is C15H16FN3. The van der Waals surface area contributed by atoms with Gasteiger partial charge in [-0.15, -0.1) is 0 Å². The quantitative estimate of drug-likeness (QED) is 0.899. The van der Waals surface area contributed by atoms with E-state index in [0.29, 0.717) is 11.7 Å². The van der Waals surface area contributed by atoms with Crippen LogP contribution in [0.2, 0.25) is 0 Å². The Morgan fingerprint density at radius 1 is 1.00 bits per heavy atom. The van der Waals surface area contributed by atoms with Crippen LogP contribution in [0.25, 0.3) is 11.4 Å². The third kappa shape index (κ3) is 2.79. The van der Waals surface area contributed by atoms with Gasteiger partial charge in [0.25, 0.3) is 0 Å². The number of aromatic nitrogens is 2. The monoisotopic (exact) mass is 257 g/mol. The molecule has 1 saturated heterocycles. The average Bonchev–Trinajstić information content (AvgIpc) is 2.49. The van der Waals surface area contributed by atoms with Crippen molar-refractivity contribution in [1.82, 2.24) is 15.3 Å². The van der Waals surface area contributed by atoms with Crippen LogP contribution in [0.3, 0.4) is 0 Å². The predicted octanol–water partition coefficient (Wildman–Crippen LogP) is 2.75. The second-order valence-corrected chi connectivity index (χ2v) is 4.87. The van der Waals surface area contributed by atoms with Crippen LogP contribution in [-0.2, 0) is 0 Å². The fraction of sp³-hybridized carbons (Fsp3) is 0.333. The lowest BCUT2D eigenvalue weighted by molar-refractivity contribution is 0.459.